The lowest BCUT2D eigenvalue weighted by Crippen LogP contribution is -2.32. The van der Waals surface area contributed by atoms with Gasteiger partial charge in [0.1, 0.15) is 17.1 Å². The van der Waals surface area contributed by atoms with Crippen molar-refractivity contribution in [1.29, 1.82) is 0 Å². The number of carbonyl (C=O) groups is 2. The summed E-state index contributed by atoms with van der Waals surface area (Å²) >= 11 is 0. The van der Waals surface area contributed by atoms with Gasteiger partial charge in [0.15, 0.2) is 0 Å². The fourth-order valence-corrected chi connectivity index (χ4v) is 2.50. The average molecular weight is 319 g/mol. The first-order chi connectivity index (χ1) is 9.77. The van der Waals surface area contributed by atoms with Crippen molar-refractivity contribution in [3.63, 3.8) is 0 Å². The molecule has 3 N–H and O–H groups in total. The molecule has 0 bridgehead atoms. The predicted octanol–water partition coefficient (Wildman–Crippen LogP) is -0.904. The quantitative estimate of drug-likeness (QED) is 0.532. The van der Waals surface area contributed by atoms with Crippen LogP contribution in [0, 0.1) is 0 Å². The maximum atomic E-state index is 11.9. The van der Waals surface area contributed by atoms with Crippen molar-refractivity contribution in [2.75, 3.05) is 33.9 Å². The molecule has 0 spiro atoms. The molecule has 1 aromatic rings. The van der Waals surface area contributed by atoms with Crippen molar-refractivity contribution in [3.05, 3.63) is 18.0 Å². The largest absolute Gasteiger partial charge is 0.480 e. The molecule has 10 heteroatoms. The molecule has 0 fully saturated rings. The van der Waals surface area contributed by atoms with Gasteiger partial charge < -0.3 is 19.7 Å². The number of nitrogens with one attached hydrogen (secondary N) is 2. The Kier molecular flexibility index (Phi) is 5.88. The van der Waals surface area contributed by atoms with Crippen LogP contribution in [-0.2, 0) is 19.6 Å². The number of methoxy groups -OCH3 is 1. The van der Waals surface area contributed by atoms with Crippen LogP contribution < -0.4 is 4.72 Å². The van der Waals surface area contributed by atoms with Gasteiger partial charge in [0, 0.05) is 26.9 Å². The topological polar surface area (TPSA) is 129 Å². The third kappa shape index (κ3) is 4.85. The molecule has 0 aliphatic heterocycles. The normalized spacial score (nSPS) is 11.3. The Hall–Kier alpha value is -1.91. The highest BCUT2D eigenvalue weighted by Crippen LogP contribution is 2.11. The van der Waals surface area contributed by atoms with E-state index in [1.807, 2.05) is 0 Å². The molecule has 9 nitrogen and oxygen atoms in total. The van der Waals surface area contributed by atoms with Gasteiger partial charge in [-0.2, -0.15) is 0 Å². The number of aromatic nitrogens is 1. The number of hydrogen-bond donors (Lipinski definition) is 3. The number of carbonyl (C=O) groups excluding carboxylic acids is 1. The van der Waals surface area contributed by atoms with Crippen LogP contribution >= 0.6 is 0 Å². The minimum Gasteiger partial charge on any atom is -0.480 e. The molecule has 0 aliphatic carbocycles. The number of hydrogen-bond acceptors (Lipinski definition) is 5. The highest BCUT2D eigenvalue weighted by atomic mass is 32.2. The number of nitrogens with zero attached hydrogens (tertiary/aromatic N) is 1. The zero-order valence-corrected chi connectivity index (χ0v) is 12.4. The number of carboxylic acid groups (broad SMARTS) is 1. The van der Waals surface area contributed by atoms with E-state index in [9.17, 15) is 18.0 Å². The first kappa shape index (κ1) is 17.1. The van der Waals surface area contributed by atoms with E-state index < -0.39 is 28.4 Å². The Bertz CT molecular complexity index is 609. The van der Waals surface area contributed by atoms with E-state index in [4.69, 9.17) is 9.84 Å². The van der Waals surface area contributed by atoms with Crippen molar-refractivity contribution < 1.29 is 27.9 Å². The maximum absolute atomic E-state index is 11.9. The molecule has 0 saturated carbocycles. The summed E-state index contributed by atoms with van der Waals surface area (Å²) in [5.41, 5.74) is -0.00846. The second-order valence-electron chi connectivity index (χ2n) is 4.19. The second kappa shape index (κ2) is 7.20. The van der Waals surface area contributed by atoms with E-state index in [1.165, 1.54) is 14.2 Å². The van der Waals surface area contributed by atoms with Crippen LogP contribution in [0.25, 0.3) is 0 Å². The SMILES string of the molecule is COCCNS(=O)(=O)c1c[nH]c(C(=O)N(C)CC(=O)O)c1. The predicted molar refractivity (Wildman–Crippen MR) is 72.5 cm³/mol. The third-order valence-electron chi connectivity index (χ3n) is 2.51. The molecule has 0 unspecified atom stereocenters. The molecule has 1 rings (SSSR count). The number of aliphatic carboxylic acids is 1. The van der Waals surface area contributed by atoms with Gasteiger partial charge in [0.05, 0.1) is 6.61 Å². The monoisotopic (exact) mass is 319 g/mol. The van der Waals surface area contributed by atoms with Gasteiger partial charge in [-0.3, -0.25) is 9.59 Å². The van der Waals surface area contributed by atoms with E-state index >= 15 is 0 Å². The summed E-state index contributed by atoms with van der Waals surface area (Å²) in [6, 6.07) is 1.15. The van der Waals surface area contributed by atoms with Gasteiger partial charge in [-0.15, -0.1) is 0 Å². The summed E-state index contributed by atoms with van der Waals surface area (Å²) in [6.07, 6.45) is 1.16. The Morgan fingerprint density at radius 1 is 1.48 bits per heavy atom. The number of H-pyrrole nitrogens is 1. The number of carboxylic acids is 1. The molecular weight excluding hydrogens is 302 g/mol. The van der Waals surface area contributed by atoms with Crippen molar-refractivity contribution in [2.45, 2.75) is 4.90 Å². The van der Waals surface area contributed by atoms with Crippen LogP contribution in [-0.4, -0.2) is 69.1 Å². The number of rotatable bonds is 8. The van der Waals surface area contributed by atoms with E-state index in [1.54, 1.807) is 0 Å². The minimum atomic E-state index is -3.74. The molecule has 0 aliphatic rings. The van der Waals surface area contributed by atoms with Crippen LogP contribution in [0.15, 0.2) is 17.2 Å². The van der Waals surface area contributed by atoms with Gasteiger partial charge in [-0.25, -0.2) is 13.1 Å². The molecule has 1 aromatic heterocycles. The van der Waals surface area contributed by atoms with Crippen LogP contribution in [0.2, 0.25) is 0 Å². The average Bonchev–Trinajstić information content (AvgIpc) is 2.87. The maximum Gasteiger partial charge on any atom is 0.323 e. The Morgan fingerprint density at radius 3 is 2.71 bits per heavy atom. The summed E-state index contributed by atoms with van der Waals surface area (Å²) in [4.78, 5) is 25.8. The van der Waals surface area contributed by atoms with Crippen LogP contribution in [0.5, 0.6) is 0 Å². The zero-order valence-electron chi connectivity index (χ0n) is 11.6. The minimum absolute atomic E-state index is 0.00846. The zero-order chi connectivity index (χ0) is 16.0. The molecule has 0 saturated heterocycles. The Morgan fingerprint density at radius 2 is 2.14 bits per heavy atom. The first-order valence-electron chi connectivity index (χ1n) is 5.92. The first-order valence-corrected chi connectivity index (χ1v) is 7.40. The summed E-state index contributed by atoms with van der Waals surface area (Å²) in [7, 11) is -0.990. The standard InChI is InChI=1S/C11H17N3O6S/c1-14(7-10(15)16)11(17)9-5-8(6-12-9)21(18,19)13-3-4-20-2/h5-6,12-13H,3-4,7H2,1-2H3,(H,15,16). The fourth-order valence-electron chi connectivity index (χ4n) is 1.49. The van der Waals surface area contributed by atoms with Crippen molar-refractivity contribution in [2.24, 2.45) is 0 Å². The number of ether oxygens (including phenoxy) is 1. The molecule has 0 atom stereocenters. The van der Waals surface area contributed by atoms with Crippen molar-refractivity contribution in [1.82, 2.24) is 14.6 Å². The highest BCUT2D eigenvalue weighted by Gasteiger charge is 2.20. The highest BCUT2D eigenvalue weighted by molar-refractivity contribution is 7.89. The lowest BCUT2D eigenvalue weighted by atomic mass is 10.4. The Labute approximate surface area is 121 Å². The number of likely N-dealkylation sites (N-methyl/N-ethyl adjacent to an activating group) is 1. The lowest BCUT2D eigenvalue weighted by molar-refractivity contribution is -0.137. The molecule has 1 heterocycles. The second-order valence-corrected chi connectivity index (χ2v) is 5.96. The fraction of sp³-hybridized carbons (Fsp3) is 0.455. The van der Waals surface area contributed by atoms with Crippen LogP contribution in [0.1, 0.15) is 10.5 Å². The van der Waals surface area contributed by atoms with E-state index in [-0.39, 0.29) is 23.7 Å². The van der Waals surface area contributed by atoms with Gasteiger partial charge in [-0.05, 0) is 6.07 Å². The number of amides is 1. The van der Waals surface area contributed by atoms with Crippen molar-refractivity contribution >= 4 is 21.9 Å². The smallest absolute Gasteiger partial charge is 0.323 e. The Balaban J connectivity index is 2.81. The molecule has 0 aromatic carbocycles. The van der Waals surface area contributed by atoms with E-state index in [2.05, 4.69) is 9.71 Å². The summed E-state index contributed by atoms with van der Waals surface area (Å²) in [5.74, 6) is -1.78. The van der Waals surface area contributed by atoms with Gasteiger partial charge in [-0.1, -0.05) is 0 Å². The molecule has 1 amide bonds. The van der Waals surface area contributed by atoms with E-state index in [0.717, 1.165) is 17.2 Å². The summed E-state index contributed by atoms with van der Waals surface area (Å²) in [5, 5.41) is 8.61. The van der Waals surface area contributed by atoms with E-state index in [0.29, 0.717) is 0 Å². The van der Waals surface area contributed by atoms with Crippen molar-refractivity contribution in [3.8, 4) is 0 Å². The third-order valence-corrected chi connectivity index (χ3v) is 3.96. The van der Waals surface area contributed by atoms with Gasteiger partial charge in [0.25, 0.3) is 5.91 Å². The lowest BCUT2D eigenvalue weighted by Gasteiger charge is -2.12. The molecule has 0 radical (unpaired) electrons. The van der Waals surface area contributed by atoms with Gasteiger partial charge in [0.2, 0.25) is 10.0 Å². The summed E-state index contributed by atoms with van der Waals surface area (Å²) < 4.78 is 30.8. The number of sulfonamides is 1. The molecule has 118 valence electrons. The van der Waals surface area contributed by atoms with Crippen LogP contribution in [0.3, 0.4) is 0 Å². The molecular formula is C11H17N3O6S. The van der Waals surface area contributed by atoms with Crippen LogP contribution in [0.4, 0.5) is 0 Å². The summed E-state index contributed by atoms with van der Waals surface area (Å²) in [6.45, 7) is -0.158. The molecule has 21 heavy (non-hydrogen) atoms. The number of aromatic amines is 1. The van der Waals surface area contributed by atoms with Gasteiger partial charge >= 0.3 is 5.97 Å².